The number of unbranched alkanes of at least 4 members (excludes halogenated alkanes) is 2. The summed E-state index contributed by atoms with van der Waals surface area (Å²) in [7, 11) is 0. The van der Waals surface area contributed by atoms with E-state index in [0.29, 0.717) is 0 Å². The minimum absolute atomic E-state index is 0.261. The lowest BCUT2D eigenvalue weighted by atomic mass is 10.2. The summed E-state index contributed by atoms with van der Waals surface area (Å²) in [6, 6.07) is 0. The first-order valence-corrected chi connectivity index (χ1v) is 5.05. The van der Waals surface area contributed by atoms with Gasteiger partial charge in [0.1, 0.15) is 0 Å². The second-order valence-electron chi connectivity index (χ2n) is 2.88. The third kappa shape index (κ3) is 7.93. The van der Waals surface area contributed by atoms with E-state index in [1.807, 2.05) is 0 Å². The van der Waals surface area contributed by atoms with Gasteiger partial charge in [-0.25, -0.2) is 0 Å². The third-order valence-electron chi connectivity index (χ3n) is 1.63. The smallest absolute Gasteiger partial charge is 0.0515 e. The van der Waals surface area contributed by atoms with E-state index >= 15 is 0 Å². The Morgan fingerprint density at radius 1 is 1.27 bits per heavy atom. The molecule has 1 heteroatoms. The molecule has 0 aliphatic rings. The van der Waals surface area contributed by atoms with Crippen molar-refractivity contribution in [2.45, 2.75) is 51.3 Å². The lowest BCUT2D eigenvalue weighted by Gasteiger charge is -1.99. The average Bonchev–Trinajstić information content (AvgIpc) is 1.99. The molecule has 0 aliphatic carbocycles. The van der Waals surface area contributed by atoms with Gasteiger partial charge in [-0.15, -0.1) is 11.6 Å². The largest absolute Gasteiger partial charge is 0.118 e. The van der Waals surface area contributed by atoms with E-state index in [1.54, 1.807) is 0 Å². The van der Waals surface area contributed by atoms with Crippen molar-refractivity contribution in [2.24, 2.45) is 0 Å². The molecule has 0 spiro atoms. The van der Waals surface area contributed by atoms with Crippen molar-refractivity contribution in [3.05, 3.63) is 12.2 Å². The van der Waals surface area contributed by atoms with Crippen molar-refractivity contribution in [3.8, 4) is 0 Å². The monoisotopic (exact) mass is 174 g/mol. The van der Waals surface area contributed by atoms with Crippen LogP contribution < -0.4 is 0 Å². The topological polar surface area (TPSA) is 0 Å². The number of halogens is 1. The first kappa shape index (κ1) is 11.0. The molecule has 0 aromatic carbocycles. The van der Waals surface area contributed by atoms with Gasteiger partial charge in [-0.1, -0.05) is 45.3 Å². The SMILES string of the molecule is CCCC/C=C/C(Cl)CCC. The van der Waals surface area contributed by atoms with E-state index in [9.17, 15) is 0 Å². The summed E-state index contributed by atoms with van der Waals surface area (Å²) in [6.07, 6.45) is 10.3. The molecular formula is C10H19Cl. The summed E-state index contributed by atoms with van der Waals surface area (Å²) in [5.41, 5.74) is 0. The zero-order valence-electron chi connectivity index (χ0n) is 7.65. The molecule has 0 saturated heterocycles. The maximum absolute atomic E-state index is 5.97. The van der Waals surface area contributed by atoms with Crippen molar-refractivity contribution in [2.75, 3.05) is 0 Å². The summed E-state index contributed by atoms with van der Waals surface area (Å²) in [6.45, 7) is 4.37. The number of rotatable bonds is 6. The molecule has 1 unspecified atom stereocenters. The Balaban J connectivity index is 3.24. The molecule has 0 heterocycles. The molecule has 0 radical (unpaired) electrons. The molecular weight excluding hydrogens is 156 g/mol. The zero-order valence-corrected chi connectivity index (χ0v) is 8.40. The normalized spacial score (nSPS) is 14.1. The van der Waals surface area contributed by atoms with Crippen LogP contribution in [0.3, 0.4) is 0 Å². The minimum atomic E-state index is 0.261. The van der Waals surface area contributed by atoms with Crippen LogP contribution in [0.2, 0.25) is 0 Å². The van der Waals surface area contributed by atoms with Crippen LogP contribution in [-0.2, 0) is 0 Å². The summed E-state index contributed by atoms with van der Waals surface area (Å²) in [5.74, 6) is 0. The highest BCUT2D eigenvalue weighted by Crippen LogP contribution is 2.07. The van der Waals surface area contributed by atoms with E-state index < -0.39 is 0 Å². The third-order valence-corrected chi connectivity index (χ3v) is 2.00. The highest BCUT2D eigenvalue weighted by atomic mass is 35.5. The maximum Gasteiger partial charge on any atom is 0.0515 e. The summed E-state index contributed by atoms with van der Waals surface area (Å²) < 4.78 is 0. The van der Waals surface area contributed by atoms with Crippen molar-refractivity contribution < 1.29 is 0 Å². The van der Waals surface area contributed by atoms with Crippen LogP contribution in [-0.4, -0.2) is 5.38 Å². The molecule has 0 N–H and O–H groups in total. The molecule has 0 aromatic heterocycles. The average molecular weight is 175 g/mol. The summed E-state index contributed by atoms with van der Waals surface area (Å²) in [5, 5.41) is 0.261. The Labute approximate surface area is 75.6 Å². The van der Waals surface area contributed by atoms with Gasteiger partial charge in [0.05, 0.1) is 5.38 Å². The van der Waals surface area contributed by atoms with Gasteiger partial charge in [0.15, 0.2) is 0 Å². The highest BCUT2D eigenvalue weighted by Gasteiger charge is 1.94. The van der Waals surface area contributed by atoms with Gasteiger partial charge < -0.3 is 0 Å². The van der Waals surface area contributed by atoms with Crippen LogP contribution in [0.1, 0.15) is 46.0 Å². The van der Waals surface area contributed by atoms with Gasteiger partial charge in [-0.2, -0.15) is 0 Å². The fourth-order valence-corrected chi connectivity index (χ4v) is 1.26. The fraction of sp³-hybridized carbons (Fsp3) is 0.800. The Hall–Kier alpha value is 0.0300. The number of hydrogen-bond donors (Lipinski definition) is 0. The predicted molar refractivity (Wildman–Crippen MR) is 53.2 cm³/mol. The second-order valence-corrected chi connectivity index (χ2v) is 3.44. The highest BCUT2D eigenvalue weighted by molar-refractivity contribution is 6.21. The molecule has 0 rings (SSSR count). The van der Waals surface area contributed by atoms with Crippen LogP contribution in [0.25, 0.3) is 0 Å². The van der Waals surface area contributed by atoms with Gasteiger partial charge >= 0.3 is 0 Å². The standard InChI is InChI=1S/C10H19Cl/c1-3-5-6-7-9-10(11)8-4-2/h7,9-10H,3-6,8H2,1-2H3/b9-7+. The van der Waals surface area contributed by atoms with Gasteiger partial charge in [0.2, 0.25) is 0 Å². The molecule has 0 aliphatic heterocycles. The molecule has 0 nitrogen and oxygen atoms in total. The van der Waals surface area contributed by atoms with Crippen LogP contribution >= 0.6 is 11.6 Å². The zero-order chi connectivity index (χ0) is 8.53. The van der Waals surface area contributed by atoms with Crippen molar-refractivity contribution >= 4 is 11.6 Å². The lowest BCUT2D eigenvalue weighted by molar-refractivity contribution is 0.796. The number of hydrogen-bond acceptors (Lipinski definition) is 0. The van der Waals surface area contributed by atoms with Crippen LogP contribution in [0.4, 0.5) is 0 Å². The van der Waals surface area contributed by atoms with E-state index in [-0.39, 0.29) is 5.38 Å². The summed E-state index contributed by atoms with van der Waals surface area (Å²) >= 11 is 5.97. The lowest BCUT2D eigenvalue weighted by Crippen LogP contribution is -1.90. The van der Waals surface area contributed by atoms with Crippen LogP contribution in [0.15, 0.2) is 12.2 Å². The molecule has 0 amide bonds. The quantitative estimate of drug-likeness (QED) is 0.323. The predicted octanol–water partition coefficient (Wildman–Crippen LogP) is 4.14. The number of alkyl halides is 1. The van der Waals surface area contributed by atoms with Gasteiger partial charge in [-0.3, -0.25) is 0 Å². The Morgan fingerprint density at radius 3 is 2.55 bits per heavy atom. The fourth-order valence-electron chi connectivity index (χ4n) is 0.938. The number of allylic oxidation sites excluding steroid dienone is 2. The Bertz CT molecular complexity index is 97.0. The van der Waals surface area contributed by atoms with Crippen molar-refractivity contribution in [3.63, 3.8) is 0 Å². The molecule has 1 atom stereocenters. The molecule has 0 fully saturated rings. The summed E-state index contributed by atoms with van der Waals surface area (Å²) in [4.78, 5) is 0. The second kappa shape index (κ2) is 8.13. The van der Waals surface area contributed by atoms with E-state index in [1.165, 1.54) is 25.7 Å². The molecule has 0 aromatic rings. The van der Waals surface area contributed by atoms with Gasteiger partial charge in [0.25, 0.3) is 0 Å². The minimum Gasteiger partial charge on any atom is -0.118 e. The first-order valence-electron chi connectivity index (χ1n) is 4.62. The molecule has 0 bridgehead atoms. The van der Waals surface area contributed by atoms with Crippen LogP contribution in [0, 0.1) is 0 Å². The molecule has 0 saturated carbocycles. The maximum atomic E-state index is 5.97. The first-order chi connectivity index (χ1) is 5.31. The van der Waals surface area contributed by atoms with Crippen molar-refractivity contribution in [1.29, 1.82) is 0 Å². The van der Waals surface area contributed by atoms with Gasteiger partial charge in [0, 0.05) is 0 Å². The van der Waals surface area contributed by atoms with E-state index in [0.717, 1.165) is 6.42 Å². The molecule has 11 heavy (non-hydrogen) atoms. The van der Waals surface area contributed by atoms with Gasteiger partial charge in [-0.05, 0) is 12.8 Å². The van der Waals surface area contributed by atoms with E-state index in [2.05, 4.69) is 26.0 Å². The van der Waals surface area contributed by atoms with Crippen LogP contribution in [0.5, 0.6) is 0 Å². The Kier molecular flexibility index (Phi) is 8.15. The molecule has 66 valence electrons. The van der Waals surface area contributed by atoms with Crippen molar-refractivity contribution in [1.82, 2.24) is 0 Å². The Morgan fingerprint density at radius 2 is 2.00 bits per heavy atom. The van der Waals surface area contributed by atoms with E-state index in [4.69, 9.17) is 11.6 Å².